The molecule has 12 rings (SSSR count). The van der Waals surface area contributed by atoms with Gasteiger partial charge in [0.1, 0.15) is 11.2 Å². The van der Waals surface area contributed by atoms with Crippen molar-refractivity contribution < 1.29 is 4.42 Å². The van der Waals surface area contributed by atoms with Gasteiger partial charge in [0, 0.05) is 27.9 Å². The predicted molar refractivity (Wildman–Crippen MR) is 217 cm³/mol. The largest absolute Gasteiger partial charge is 0.455 e. The summed E-state index contributed by atoms with van der Waals surface area (Å²) < 4.78 is 6.76. The van der Waals surface area contributed by atoms with E-state index in [1.807, 2.05) is 0 Å². The van der Waals surface area contributed by atoms with Gasteiger partial charge in [-0.3, -0.25) is 0 Å². The number of fused-ring (bicyclic) bond motifs is 19. The van der Waals surface area contributed by atoms with E-state index in [4.69, 9.17) is 4.42 Å². The van der Waals surface area contributed by atoms with Crippen molar-refractivity contribution in [3.05, 3.63) is 192 Å². The van der Waals surface area contributed by atoms with Crippen molar-refractivity contribution in [3.8, 4) is 11.1 Å². The van der Waals surface area contributed by atoms with Crippen LogP contribution in [0.2, 0.25) is 0 Å². The molecule has 3 aliphatic carbocycles. The maximum Gasteiger partial charge on any atom is 0.143 e. The predicted octanol–water partition coefficient (Wildman–Crippen LogP) is 12.8. The summed E-state index contributed by atoms with van der Waals surface area (Å²) in [5.41, 5.74) is 13.3. The number of furan rings is 1. The minimum atomic E-state index is -0.423. The Morgan fingerprint density at radius 2 is 1.10 bits per heavy atom. The standard InChI is InChI=1S/C50H33NO/c1-29-45(51-30-22-23-35-33-14-3-2-12-31(33)32-13-4-5-15-34(32)41(35)28-30)27-25-38-36-16-6-9-19-42(36)50(48(29)38)43-20-10-7-18-40(43)47-44(50)26-24-39-37-17-8-11-21-46(37)52-49(39)47/h2-29,45,51H,1H3. The van der Waals surface area contributed by atoms with E-state index in [0.717, 1.165) is 16.9 Å². The molecular weight excluding hydrogens is 631 g/mol. The monoisotopic (exact) mass is 663 g/mol. The Balaban J connectivity index is 1.05. The van der Waals surface area contributed by atoms with Crippen molar-refractivity contribution in [3.63, 3.8) is 0 Å². The van der Waals surface area contributed by atoms with Crippen LogP contribution < -0.4 is 5.32 Å². The van der Waals surface area contributed by atoms with Gasteiger partial charge in [-0.1, -0.05) is 153 Å². The molecule has 2 heteroatoms. The van der Waals surface area contributed by atoms with Gasteiger partial charge in [-0.25, -0.2) is 0 Å². The molecule has 0 bridgehead atoms. The summed E-state index contributed by atoms with van der Waals surface area (Å²) in [5, 5.41) is 14.1. The third-order valence-electron chi connectivity index (χ3n) is 12.4. The second kappa shape index (κ2) is 10.1. The molecule has 1 N–H and O–H groups in total. The molecule has 0 radical (unpaired) electrons. The van der Waals surface area contributed by atoms with Gasteiger partial charge in [0.05, 0.1) is 11.5 Å². The highest BCUT2D eigenvalue weighted by Gasteiger charge is 2.55. The Labute approximate surface area is 301 Å². The Hall–Kier alpha value is -6.38. The molecule has 2 nitrogen and oxygen atoms in total. The topological polar surface area (TPSA) is 25.2 Å². The highest BCUT2D eigenvalue weighted by atomic mass is 16.3. The van der Waals surface area contributed by atoms with Crippen molar-refractivity contribution >= 4 is 65.5 Å². The zero-order chi connectivity index (χ0) is 34.1. The highest BCUT2D eigenvalue weighted by Crippen LogP contribution is 2.65. The maximum atomic E-state index is 6.76. The third-order valence-corrected chi connectivity index (χ3v) is 12.4. The molecule has 3 aliphatic rings. The van der Waals surface area contributed by atoms with Gasteiger partial charge in [-0.2, -0.15) is 0 Å². The molecular formula is C50H33NO. The van der Waals surface area contributed by atoms with Crippen LogP contribution in [0, 0.1) is 5.92 Å². The van der Waals surface area contributed by atoms with Crippen molar-refractivity contribution in [2.75, 3.05) is 5.32 Å². The molecule has 0 fully saturated rings. The van der Waals surface area contributed by atoms with Crippen LogP contribution in [0.5, 0.6) is 0 Å². The first-order chi connectivity index (χ1) is 25.7. The normalized spacial score (nSPS) is 19.9. The molecule has 0 amide bonds. The van der Waals surface area contributed by atoms with E-state index in [9.17, 15) is 0 Å². The van der Waals surface area contributed by atoms with Crippen LogP contribution in [-0.2, 0) is 5.41 Å². The van der Waals surface area contributed by atoms with E-state index in [0.29, 0.717) is 0 Å². The number of benzene rings is 8. The number of nitrogens with one attached hydrogen (secondary N) is 1. The summed E-state index contributed by atoms with van der Waals surface area (Å²) in [6.07, 6.45) is 4.79. The molecule has 8 aromatic carbocycles. The van der Waals surface area contributed by atoms with Gasteiger partial charge in [0.15, 0.2) is 0 Å². The molecule has 52 heavy (non-hydrogen) atoms. The van der Waals surface area contributed by atoms with Crippen LogP contribution >= 0.6 is 0 Å². The van der Waals surface area contributed by atoms with E-state index < -0.39 is 5.41 Å². The van der Waals surface area contributed by atoms with Gasteiger partial charge in [-0.05, 0) is 89.5 Å². The van der Waals surface area contributed by atoms with Crippen LogP contribution in [0.25, 0.3) is 71.0 Å². The van der Waals surface area contributed by atoms with E-state index in [2.05, 4.69) is 176 Å². The molecule has 1 heterocycles. The Bertz CT molecular complexity index is 3050. The van der Waals surface area contributed by atoms with Crippen molar-refractivity contribution in [2.24, 2.45) is 5.92 Å². The van der Waals surface area contributed by atoms with Gasteiger partial charge < -0.3 is 9.73 Å². The number of hydrogen-bond acceptors (Lipinski definition) is 2. The van der Waals surface area contributed by atoms with Crippen LogP contribution in [-0.4, -0.2) is 6.04 Å². The molecule has 1 aromatic heterocycles. The van der Waals surface area contributed by atoms with Crippen LogP contribution in [0.4, 0.5) is 5.69 Å². The highest BCUT2D eigenvalue weighted by molar-refractivity contribution is 6.25. The smallest absolute Gasteiger partial charge is 0.143 e. The molecule has 0 aliphatic heterocycles. The zero-order valence-electron chi connectivity index (χ0n) is 28.7. The van der Waals surface area contributed by atoms with E-state index in [1.165, 1.54) is 87.6 Å². The lowest BCUT2D eigenvalue weighted by molar-refractivity contribution is 0.554. The first-order valence-electron chi connectivity index (χ1n) is 18.4. The fourth-order valence-electron chi connectivity index (χ4n) is 10.3. The minimum Gasteiger partial charge on any atom is -0.455 e. The number of para-hydroxylation sites is 1. The number of allylic oxidation sites excluding steroid dienone is 2. The Morgan fingerprint density at radius 3 is 1.85 bits per heavy atom. The third kappa shape index (κ3) is 3.45. The lowest BCUT2D eigenvalue weighted by Gasteiger charge is -2.39. The van der Waals surface area contributed by atoms with Gasteiger partial charge in [-0.15, -0.1) is 0 Å². The quantitative estimate of drug-likeness (QED) is 0.186. The lowest BCUT2D eigenvalue weighted by atomic mass is 9.64. The van der Waals surface area contributed by atoms with Crippen LogP contribution in [0.1, 0.15) is 29.2 Å². The van der Waals surface area contributed by atoms with Crippen molar-refractivity contribution in [1.82, 2.24) is 0 Å². The Kier molecular flexibility index (Phi) is 5.51. The van der Waals surface area contributed by atoms with Crippen molar-refractivity contribution in [1.29, 1.82) is 0 Å². The maximum absolute atomic E-state index is 6.76. The minimum absolute atomic E-state index is 0.0975. The molecule has 9 aromatic rings. The number of anilines is 1. The zero-order valence-corrected chi connectivity index (χ0v) is 28.7. The summed E-state index contributed by atoms with van der Waals surface area (Å²) in [4.78, 5) is 0. The van der Waals surface area contributed by atoms with Gasteiger partial charge >= 0.3 is 0 Å². The molecule has 244 valence electrons. The van der Waals surface area contributed by atoms with E-state index in [1.54, 1.807) is 0 Å². The van der Waals surface area contributed by atoms with Crippen molar-refractivity contribution in [2.45, 2.75) is 18.4 Å². The fourth-order valence-corrected chi connectivity index (χ4v) is 10.3. The van der Waals surface area contributed by atoms with Crippen LogP contribution in [0.15, 0.2) is 174 Å². The van der Waals surface area contributed by atoms with Crippen LogP contribution in [0.3, 0.4) is 0 Å². The summed E-state index contributed by atoms with van der Waals surface area (Å²) in [6, 6.07) is 56.0. The molecule has 3 atom stereocenters. The summed E-state index contributed by atoms with van der Waals surface area (Å²) in [7, 11) is 0. The first-order valence-corrected chi connectivity index (χ1v) is 18.4. The molecule has 1 spiro atoms. The first kappa shape index (κ1) is 28.3. The van der Waals surface area contributed by atoms with Gasteiger partial charge in [0.25, 0.3) is 0 Å². The average Bonchev–Trinajstić information content (AvgIpc) is 3.83. The molecule has 0 saturated carbocycles. The summed E-state index contributed by atoms with van der Waals surface area (Å²) >= 11 is 0. The second-order valence-corrected chi connectivity index (χ2v) is 14.8. The number of hydrogen-bond donors (Lipinski definition) is 1. The Morgan fingerprint density at radius 1 is 0.519 bits per heavy atom. The summed E-state index contributed by atoms with van der Waals surface area (Å²) in [6.45, 7) is 2.43. The molecule has 3 unspecified atom stereocenters. The summed E-state index contributed by atoms with van der Waals surface area (Å²) in [5.74, 6) is 0.196. The van der Waals surface area contributed by atoms with Gasteiger partial charge in [0.2, 0.25) is 0 Å². The lowest BCUT2D eigenvalue weighted by Crippen LogP contribution is -2.37. The molecule has 0 saturated heterocycles. The number of rotatable bonds is 2. The van der Waals surface area contributed by atoms with E-state index >= 15 is 0 Å². The average molecular weight is 664 g/mol. The second-order valence-electron chi connectivity index (χ2n) is 14.8. The van der Waals surface area contributed by atoms with E-state index in [-0.39, 0.29) is 12.0 Å². The fraction of sp³-hybridized carbons (Fsp3) is 0.0800. The SMILES string of the molecule is CC1C2=C(C=CC1Nc1ccc3c4ccccc4c4ccccc4c3c1)c1ccccc1C21c2ccccc2-c2c1ccc1c2oc2ccccc21.